The number of halogens is 2. The quantitative estimate of drug-likeness (QED) is 0.370. The van der Waals surface area contributed by atoms with Gasteiger partial charge in [-0.05, 0) is 56.1 Å². The van der Waals surface area contributed by atoms with Crippen LogP contribution in [-0.2, 0) is 16.6 Å². The van der Waals surface area contributed by atoms with Gasteiger partial charge in [0.25, 0.3) is 10.0 Å². The first kappa shape index (κ1) is 19.0. The molecule has 2 aromatic heterocycles. The van der Waals surface area contributed by atoms with Crippen LogP contribution in [0.5, 0.6) is 0 Å². The van der Waals surface area contributed by atoms with Crippen molar-refractivity contribution in [3.63, 3.8) is 0 Å². The molecule has 4 aromatic rings. The lowest BCUT2D eigenvalue weighted by Crippen LogP contribution is -2.14. The zero-order valence-corrected chi connectivity index (χ0v) is 18.1. The summed E-state index contributed by atoms with van der Waals surface area (Å²) in [4.78, 5) is 16.9. The second kappa shape index (κ2) is 7.26. The van der Waals surface area contributed by atoms with Crippen molar-refractivity contribution in [1.82, 2.24) is 18.7 Å². The Morgan fingerprint density at radius 1 is 1.04 bits per heavy atom. The molecule has 0 amide bonds. The van der Waals surface area contributed by atoms with Gasteiger partial charge in [0.15, 0.2) is 10.5 Å². The summed E-state index contributed by atoms with van der Waals surface area (Å²) < 4.78 is 29.3. The monoisotopic (exact) mass is 522 g/mol. The predicted molar refractivity (Wildman–Crippen MR) is 111 cm³/mol. The smallest absolute Gasteiger partial charge is 0.268 e. The van der Waals surface area contributed by atoms with Gasteiger partial charge in [0, 0.05) is 17.1 Å². The van der Waals surface area contributed by atoms with Crippen molar-refractivity contribution in [2.45, 2.75) is 11.4 Å². The van der Waals surface area contributed by atoms with Gasteiger partial charge >= 0.3 is 0 Å². The number of ketones is 1. The molecule has 0 unspecified atom stereocenters. The highest BCUT2D eigenvalue weighted by atomic mass is 79.9. The highest BCUT2D eigenvalue weighted by Crippen LogP contribution is 2.24. The van der Waals surface area contributed by atoms with E-state index in [1.807, 2.05) is 0 Å². The third-order valence-corrected chi connectivity index (χ3v) is 6.80. The molecule has 2 aromatic carbocycles. The van der Waals surface area contributed by atoms with Gasteiger partial charge in [0.05, 0.1) is 10.4 Å². The van der Waals surface area contributed by atoms with Crippen molar-refractivity contribution in [3.05, 3.63) is 75.8 Å². The molecule has 0 aliphatic carbocycles. The Kier molecular flexibility index (Phi) is 4.94. The molecule has 142 valence electrons. The second-order valence-corrected chi connectivity index (χ2v) is 9.17. The zero-order valence-electron chi connectivity index (χ0n) is 14.2. The Morgan fingerprint density at radius 2 is 1.79 bits per heavy atom. The third kappa shape index (κ3) is 3.43. The second-order valence-electron chi connectivity index (χ2n) is 5.93. The van der Waals surface area contributed by atoms with Crippen LogP contribution in [0.1, 0.15) is 10.4 Å². The lowest BCUT2D eigenvalue weighted by molar-refractivity contribution is 0.0966. The van der Waals surface area contributed by atoms with Crippen LogP contribution in [0.4, 0.5) is 0 Å². The number of hydrogen-bond acceptors (Lipinski definition) is 5. The normalized spacial score (nSPS) is 11.8. The van der Waals surface area contributed by atoms with Crippen LogP contribution >= 0.6 is 31.9 Å². The van der Waals surface area contributed by atoms with Crippen molar-refractivity contribution >= 4 is 58.6 Å². The van der Waals surface area contributed by atoms with Crippen LogP contribution in [0.15, 0.2) is 75.2 Å². The fraction of sp³-hybridized carbons (Fsp3) is 0.0556. The number of benzene rings is 2. The number of fused-ring (bicyclic) bond motifs is 1. The lowest BCUT2D eigenvalue weighted by Gasteiger charge is -2.08. The van der Waals surface area contributed by atoms with E-state index in [-0.39, 0.29) is 17.2 Å². The van der Waals surface area contributed by atoms with Gasteiger partial charge in [-0.3, -0.25) is 4.79 Å². The SMILES string of the molecule is O=C(Cn1nc(Br)nc1Br)c1ccc2ccn(S(=O)(=O)c3ccccc3)c2c1. The van der Waals surface area contributed by atoms with Crippen molar-refractivity contribution in [3.8, 4) is 0 Å². The van der Waals surface area contributed by atoms with Crippen molar-refractivity contribution in [2.24, 2.45) is 0 Å². The molecule has 2 heterocycles. The molecule has 0 aliphatic heterocycles. The maximum absolute atomic E-state index is 13.0. The molecule has 0 aliphatic rings. The summed E-state index contributed by atoms with van der Waals surface area (Å²) in [6.45, 7) is -0.0309. The molecule has 0 fully saturated rings. The molecule has 0 atom stereocenters. The molecule has 0 saturated heterocycles. The molecule has 7 nitrogen and oxygen atoms in total. The van der Waals surface area contributed by atoms with E-state index in [4.69, 9.17) is 0 Å². The number of carbonyl (C=O) groups excluding carboxylic acids is 1. The maximum Gasteiger partial charge on any atom is 0.268 e. The summed E-state index contributed by atoms with van der Waals surface area (Å²) in [7, 11) is -3.76. The predicted octanol–water partition coefficient (Wildman–Crippen LogP) is 3.88. The molecular weight excluding hydrogens is 512 g/mol. The highest BCUT2D eigenvalue weighted by molar-refractivity contribution is 9.11. The van der Waals surface area contributed by atoms with Gasteiger partial charge in [0.1, 0.15) is 6.54 Å². The molecule has 10 heteroatoms. The molecule has 28 heavy (non-hydrogen) atoms. The van der Waals surface area contributed by atoms with Crippen LogP contribution in [-0.4, -0.2) is 32.9 Å². The van der Waals surface area contributed by atoms with Gasteiger partial charge in [-0.1, -0.05) is 30.3 Å². The van der Waals surface area contributed by atoms with Crippen LogP contribution in [0.25, 0.3) is 10.9 Å². The first-order chi connectivity index (χ1) is 13.4. The van der Waals surface area contributed by atoms with Crippen LogP contribution in [0.3, 0.4) is 0 Å². The molecule has 4 rings (SSSR count). The molecule has 0 bridgehead atoms. The lowest BCUT2D eigenvalue weighted by atomic mass is 10.1. The summed E-state index contributed by atoms with van der Waals surface area (Å²) in [5, 5.41) is 4.80. The first-order valence-corrected chi connectivity index (χ1v) is 11.1. The van der Waals surface area contributed by atoms with Crippen LogP contribution < -0.4 is 0 Å². The van der Waals surface area contributed by atoms with Gasteiger partial charge in [0.2, 0.25) is 4.73 Å². The number of rotatable bonds is 5. The minimum absolute atomic E-state index is 0.0309. The molecule has 0 spiro atoms. The van der Waals surface area contributed by atoms with E-state index in [9.17, 15) is 13.2 Å². The van der Waals surface area contributed by atoms with Crippen molar-refractivity contribution in [1.29, 1.82) is 0 Å². The van der Waals surface area contributed by atoms with Crippen LogP contribution in [0, 0.1) is 0 Å². The summed E-state index contributed by atoms with van der Waals surface area (Å²) in [6, 6.07) is 14.9. The Labute approximate surface area is 177 Å². The Hall–Kier alpha value is -2.30. The van der Waals surface area contributed by atoms with Gasteiger partial charge < -0.3 is 0 Å². The fourth-order valence-corrected chi connectivity index (χ4v) is 5.15. The van der Waals surface area contributed by atoms with E-state index in [0.29, 0.717) is 20.5 Å². The molecule has 0 saturated carbocycles. The number of carbonyl (C=O) groups is 1. The fourth-order valence-electron chi connectivity index (χ4n) is 2.82. The summed E-state index contributed by atoms with van der Waals surface area (Å²) in [5.74, 6) is -0.218. The molecule has 0 N–H and O–H groups in total. The number of nitrogens with zero attached hydrogens (tertiary/aromatic N) is 4. The van der Waals surface area contributed by atoms with E-state index >= 15 is 0 Å². The zero-order chi connectivity index (χ0) is 19.9. The average Bonchev–Trinajstić information content (AvgIpc) is 3.25. The van der Waals surface area contributed by atoms with Crippen molar-refractivity contribution < 1.29 is 13.2 Å². The maximum atomic E-state index is 13.0. The molecular formula is C18H12Br2N4O3S. The average molecular weight is 524 g/mol. The van der Waals surface area contributed by atoms with E-state index in [2.05, 4.69) is 41.9 Å². The van der Waals surface area contributed by atoms with E-state index < -0.39 is 10.0 Å². The minimum atomic E-state index is -3.76. The van der Waals surface area contributed by atoms with E-state index in [0.717, 1.165) is 5.39 Å². The van der Waals surface area contributed by atoms with Gasteiger partial charge in [-0.15, -0.1) is 5.10 Å². The van der Waals surface area contributed by atoms with Crippen LogP contribution in [0.2, 0.25) is 0 Å². The number of hydrogen-bond donors (Lipinski definition) is 0. The Balaban J connectivity index is 1.74. The summed E-state index contributed by atoms with van der Waals surface area (Å²) in [6.07, 6.45) is 1.49. The summed E-state index contributed by atoms with van der Waals surface area (Å²) in [5.41, 5.74) is 0.822. The third-order valence-electron chi connectivity index (χ3n) is 4.17. The minimum Gasteiger partial charge on any atom is -0.292 e. The topological polar surface area (TPSA) is 86.8 Å². The summed E-state index contributed by atoms with van der Waals surface area (Å²) >= 11 is 6.39. The first-order valence-electron chi connectivity index (χ1n) is 8.07. The number of aromatic nitrogens is 4. The standard InChI is InChI=1S/C18H12Br2N4O3S/c19-17-21-18(20)23(22-17)11-16(25)13-7-6-12-8-9-24(15(12)10-13)28(26,27)14-4-2-1-3-5-14/h1-10H,11H2. The largest absolute Gasteiger partial charge is 0.292 e. The molecule has 0 radical (unpaired) electrons. The van der Waals surface area contributed by atoms with Gasteiger partial charge in [-0.25, -0.2) is 17.1 Å². The Morgan fingerprint density at radius 3 is 2.46 bits per heavy atom. The van der Waals surface area contributed by atoms with E-state index in [1.165, 1.54) is 27.0 Å². The number of Topliss-reactive ketones (excluding diaryl/α,β-unsaturated/α-hetero) is 1. The van der Waals surface area contributed by atoms with Gasteiger partial charge in [-0.2, -0.15) is 4.98 Å². The van der Waals surface area contributed by atoms with E-state index in [1.54, 1.807) is 42.5 Å². The van der Waals surface area contributed by atoms with Crippen molar-refractivity contribution in [2.75, 3.05) is 0 Å². The highest BCUT2D eigenvalue weighted by Gasteiger charge is 2.20. The Bertz CT molecular complexity index is 1300.